The molecular weight excluding hydrogens is 240 g/mol. The fraction of sp³-hybridized carbons (Fsp3) is 0.786. The molecule has 1 fully saturated rings. The van der Waals surface area contributed by atoms with E-state index in [1.165, 1.54) is 36.6 Å². The first-order valence-electron chi connectivity index (χ1n) is 7.14. The predicted octanol–water partition coefficient (Wildman–Crippen LogP) is 2.93. The molecule has 2 atom stereocenters. The molecule has 0 bridgehead atoms. The van der Waals surface area contributed by atoms with Crippen molar-refractivity contribution in [2.75, 3.05) is 6.61 Å². The zero-order valence-electron chi connectivity index (χ0n) is 11.8. The quantitative estimate of drug-likeness (QED) is 0.604. The van der Waals surface area contributed by atoms with Crippen LogP contribution >= 0.6 is 0 Å². The zero-order valence-corrected chi connectivity index (χ0v) is 12.8. The Labute approximate surface area is 111 Å². The monoisotopic (exact) mass is 264 g/mol. The first-order valence-corrected chi connectivity index (χ1v) is 10.8. The minimum Gasteiger partial charge on any atom is -0.360 e. The smallest absolute Gasteiger partial charge is 0.139 e. The van der Waals surface area contributed by atoms with Crippen molar-refractivity contribution in [1.29, 1.82) is 0 Å². The van der Waals surface area contributed by atoms with Gasteiger partial charge in [0.2, 0.25) is 0 Å². The highest BCUT2D eigenvalue weighted by molar-refractivity contribution is 6.76. The highest BCUT2D eigenvalue weighted by atomic mass is 28.3. The summed E-state index contributed by atoms with van der Waals surface area (Å²) in [6.07, 6.45) is 5.99. The Balaban J connectivity index is 1.53. The summed E-state index contributed by atoms with van der Waals surface area (Å²) < 4.78 is 7.90. The van der Waals surface area contributed by atoms with Gasteiger partial charge in [0.1, 0.15) is 6.73 Å². The van der Waals surface area contributed by atoms with Gasteiger partial charge in [0, 0.05) is 20.4 Å². The van der Waals surface area contributed by atoms with Crippen LogP contribution in [-0.4, -0.2) is 24.5 Å². The molecule has 2 unspecified atom stereocenters. The van der Waals surface area contributed by atoms with E-state index in [2.05, 4.69) is 35.6 Å². The first kappa shape index (κ1) is 12.4. The van der Waals surface area contributed by atoms with Gasteiger partial charge in [-0.2, -0.15) is 5.10 Å². The van der Waals surface area contributed by atoms with Crippen LogP contribution in [0, 0.1) is 11.8 Å². The molecule has 3 nitrogen and oxygen atoms in total. The molecule has 2 aliphatic carbocycles. The van der Waals surface area contributed by atoms with E-state index < -0.39 is 8.07 Å². The van der Waals surface area contributed by atoms with Gasteiger partial charge in [0.15, 0.2) is 0 Å². The molecule has 0 aromatic carbocycles. The lowest BCUT2D eigenvalue weighted by Gasteiger charge is -2.17. The van der Waals surface area contributed by atoms with Crippen LogP contribution < -0.4 is 0 Å². The molecule has 0 spiro atoms. The standard InChI is InChI=1S/C14H24N2OSi/c1-18(2,3)5-4-17-10-16-14-8-12-6-11(12)7-13(14)9-15-16/h9,11-12H,4-8,10H2,1-3H3. The maximum Gasteiger partial charge on any atom is 0.139 e. The molecule has 0 radical (unpaired) electrons. The third-order valence-electron chi connectivity index (χ3n) is 4.25. The van der Waals surface area contributed by atoms with Crippen molar-refractivity contribution in [3.8, 4) is 0 Å². The van der Waals surface area contributed by atoms with Gasteiger partial charge < -0.3 is 4.74 Å². The van der Waals surface area contributed by atoms with Crippen molar-refractivity contribution >= 4 is 8.07 Å². The van der Waals surface area contributed by atoms with Crippen LogP contribution in [0.25, 0.3) is 0 Å². The minimum atomic E-state index is -0.967. The average molecular weight is 264 g/mol. The fourth-order valence-corrected chi connectivity index (χ4v) is 3.59. The van der Waals surface area contributed by atoms with Gasteiger partial charge in [0.25, 0.3) is 0 Å². The highest BCUT2D eigenvalue weighted by Gasteiger charge is 2.42. The second-order valence-corrected chi connectivity index (χ2v) is 12.7. The van der Waals surface area contributed by atoms with Crippen LogP contribution in [0.1, 0.15) is 17.7 Å². The Hall–Kier alpha value is -0.613. The molecule has 1 saturated carbocycles. The van der Waals surface area contributed by atoms with E-state index >= 15 is 0 Å². The molecule has 0 N–H and O–H groups in total. The second kappa shape index (κ2) is 4.49. The summed E-state index contributed by atoms with van der Waals surface area (Å²) >= 11 is 0. The maximum atomic E-state index is 5.80. The highest BCUT2D eigenvalue weighted by Crippen LogP contribution is 2.47. The van der Waals surface area contributed by atoms with Gasteiger partial charge >= 0.3 is 0 Å². The molecule has 1 aromatic heterocycles. The van der Waals surface area contributed by atoms with Gasteiger partial charge in [-0.05, 0) is 42.7 Å². The molecule has 3 rings (SSSR count). The third-order valence-corrected chi connectivity index (χ3v) is 5.96. The molecule has 2 aliphatic rings. The van der Waals surface area contributed by atoms with Crippen molar-refractivity contribution < 1.29 is 4.74 Å². The molecular formula is C14H24N2OSi. The van der Waals surface area contributed by atoms with Crippen molar-refractivity contribution in [3.05, 3.63) is 17.5 Å². The van der Waals surface area contributed by atoms with Gasteiger partial charge in [-0.3, -0.25) is 0 Å². The summed E-state index contributed by atoms with van der Waals surface area (Å²) in [4.78, 5) is 0. The third kappa shape index (κ3) is 2.69. The molecule has 1 heterocycles. The lowest BCUT2D eigenvalue weighted by atomic mass is 9.98. The van der Waals surface area contributed by atoms with Crippen molar-refractivity contribution in [2.45, 2.75) is 51.7 Å². The first-order chi connectivity index (χ1) is 8.53. The van der Waals surface area contributed by atoms with Crippen LogP contribution in [0.3, 0.4) is 0 Å². The van der Waals surface area contributed by atoms with E-state index in [1.807, 2.05) is 0 Å². The molecule has 0 aliphatic heterocycles. The number of hydrogen-bond acceptors (Lipinski definition) is 2. The van der Waals surface area contributed by atoms with Crippen molar-refractivity contribution in [1.82, 2.24) is 9.78 Å². The Morgan fingerprint density at radius 2 is 2.11 bits per heavy atom. The summed E-state index contributed by atoms with van der Waals surface area (Å²) in [6, 6.07) is 1.24. The summed E-state index contributed by atoms with van der Waals surface area (Å²) in [7, 11) is -0.967. The van der Waals surface area contributed by atoms with Crippen LogP contribution in [0.15, 0.2) is 6.20 Å². The van der Waals surface area contributed by atoms with E-state index in [-0.39, 0.29) is 0 Å². The maximum absolute atomic E-state index is 5.80. The molecule has 1 aromatic rings. The number of ether oxygens (including phenoxy) is 1. The summed E-state index contributed by atoms with van der Waals surface area (Å²) in [5, 5.41) is 4.49. The number of rotatable bonds is 5. The average Bonchev–Trinajstić information content (AvgIpc) is 2.93. The molecule has 0 saturated heterocycles. The second-order valence-electron chi connectivity index (χ2n) is 7.13. The predicted molar refractivity (Wildman–Crippen MR) is 75.3 cm³/mol. The Morgan fingerprint density at radius 1 is 1.33 bits per heavy atom. The zero-order chi connectivity index (χ0) is 12.8. The van der Waals surface area contributed by atoms with Crippen LogP contribution in [0.4, 0.5) is 0 Å². The molecule has 18 heavy (non-hydrogen) atoms. The SMILES string of the molecule is C[Si](C)(C)CCOCn1ncc2c1CC1CC1C2. The minimum absolute atomic E-state index is 0.650. The molecule has 4 heteroatoms. The molecule has 100 valence electrons. The number of aromatic nitrogens is 2. The lowest BCUT2D eigenvalue weighted by Crippen LogP contribution is -2.22. The summed E-state index contributed by atoms with van der Waals surface area (Å²) in [5.74, 6) is 1.93. The number of nitrogens with zero attached hydrogens (tertiary/aromatic N) is 2. The van der Waals surface area contributed by atoms with Gasteiger partial charge in [-0.1, -0.05) is 19.6 Å². The largest absolute Gasteiger partial charge is 0.360 e. The topological polar surface area (TPSA) is 27.1 Å². The number of hydrogen-bond donors (Lipinski definition) is 0. The van der Waals surface area contributed by atoms with E-state index in [0.717, 1.165) is 18.4 Å². The van der Waals surface area contributed by atoms with Gasteiger partial charge in [0.05, 0.1) is 6.20 Å². The number of fused-ring (bicyclic) bond motifs is 2. The fourth-order valence-electron chi connectivity index (χ4n) is 2.84. The van der Waals surface area contributed by atoms with E-state index in [1.54, 1.807) is 0 Å². The lowest BCUT2D eigenvalue weighted by molar-refractivity contribution is 0.0760. The Kier molecular flexibility index (Phi) is 3.10. The van der Waals surface area contributed by atoms with E-state index in [4.69, 9.17) is 4.74 Å². The van der Waals surface area contributed by atoms with Crippen molar-refractivity contribution in [3.63, 3.8) is 0 Å². The van der Waals surface area contributed by atoms with Gasteiger partial charge in [-0.25, -0.2) is 4.68 Å². The summed E-state index contributed by atoms with van der Waals surface area (Å²) in [6.45, 7) is 8.70. The van der Waals surface area contributed by atoms with Gasteiger partial charge in [-0.15, -0.1) is 0 Å². The molecule has 0 amide bonds. The van der Waals surface area contributed by atoms with E-state index in [9.17, 15) is 0 Å². The Bertz CT molecular complexity index is 435. The van der Waals surface area contributed by atoms with Crippen LogP contribution in [0.2, 0.25) is 25.7 Å². The van der Waals surface area contributed by atoms with Crippen LogP contribution in [0.5, 0.6) is 0 Å². The van der Waals surface area contributed by atoms with Crippen molar-refractivity contribution in [2.24, 2.45) is 11.8 Å². The normalized spacial score (nSPS) is 25.7. The van der Waals surface area contributed by atoms with E-state index in [0.29, 0.717) is 6.73 Å². The van der Waals surface area contributed by atoms with Crippen LogP contribution in [-0.2, 0) is 24.3 Å². The Morgan fingerprint density at radius 3 is 2.89 bits per heavy atom. The summed E-state index contributed by atoms with van der Waals surface area (Å²) in [5.41, 5.74) is 2.92.